The lowest BCUT2D eigenvalue weighted by Gasteiger charge is -2.20. The minimum atomic E-state index is 0.129. The molecule has 15 heavy (non-hydrogen) atoms. The Morgan fingerprint density at radius 3 is 3.13 bits per heavy atom. The zero-order valence-electron chi connectivity index (χ0n) is 9.04. The Labute approximate surface area is 93.3 Å². The Morgan fingerprint density at radius 2 is 2.40 bits per heavy atom. The van der Waals surface area contributed by atoms with Crippen LogP contribution in [0.2, 0.25) is 0 Å². The molecule has 5 heteroatoms. The summed E-state index contributed by atoms with van der Waals surface area (Å²) in [5, 5.41) is 4.16. The molecule has 0 aromatic carbocycles. The van der Waals surface area contributed by atoms with E-state index in [4.69, 9.17) is 0 Å². The highest BCUT2D eigenvalue weighted by molar-refractivity contribution is 7.13. The third-order valence-electron chi connectivity index (χ3n) is 2.56. The molecule has 1 N–H and O–H groups in total. The largest absolute Gasteiger partial charge is 0.341 e. The molecule has 0 aliphatic carbocycles. The number of thiazole rings is 1. The smallest absolute Gasteiger partial charge is 0.265 e. The summed E-state index contributed by atoms with van der Waals surface area (Å²) in [5.74, 6) is 0.129. The number of nitrogens with zero attached hydrogens (tertiary/aromatic N) is 2. The third kappa shape index (κ3) is 2.03. The number of rotatable bonds is 3. The van der Waals surface area contributed by atoms with Crippen molar-refractivity contribution < 1.29 is 4.79 Å². The van der Waals surface area contributed by atoms with Crippen molar-refractivity contribution in [2.45, 2.75) is 12.8 Å². The lowest BCUT2D eigenvalue weighted by molar-refractivity contribution is 0.0785. The fourth-order valence-electron chi connectivity index (χ4n) is 1.62. The molecule has 0 fully saturated rings. The first kappa shape index (κ1) is 10.6. The van der Waals surface area contributed by atoms with Gasteiger partial charge in [-0.15, -0.1) is 11.3 Å². The molecule has 0 atom stereocenters. The van der Waals surface area contributed by atoms with E-state index in [0.29, 0.717) is 0 Å². The zero-order valence-corrected chi connectivity index (χ0v) is 9.86. The Hall–Kier alpha value is -0.940. The van der Waals surface area contributed by atoms with Crippen LogP contribution in [-0.2, 0) is 12.8 Å². The van der Waals surface area contributed by atoms with Crippen molar-refractivity contribution in [3.8, 4) is 0 Å². The van der Waals surface area contributed by atoms with Gasteiger partial charge in [-0.1, -0.05) is 0 Å². The molecule has 0 saturated carbocycles. The Kier molecular flexibility index (Phi) is 3.02. The molecule has 1 aliphatic rings. The highest BCUT2D eigenvalue weighted by Gasteiger charge is 2.25. The number of hydrogen-bond donors (Lipinski definition) is 1. The minimum absolute atomic E-state index is 0.129. The molecular formula is C10H15N3OS. The average Bonchev–Trinajstić information content (AvgIpc) is 2.64. The van der Waals surface area contributed by atoms with Crippen LogP contribution in [-0.4, -0.2) is 43.0 Å². The van der Waals surface area contributed by atoms with Crippen LogP contribution in [0.15, 0.2) is 0 Å². The number of nitrogens with one attached hydrogen (secondary N) is 1. The van der Waals surface area contributed by atoms with Gasteiger partial charge in [-0.05, 0) is 7.05 Å². The minimum Gasteiger partial charge on any atom is -0.341 e. The van der Waals surface area contributed by atoms with Gasteiger partial charge in [-0.3, -0.25) is 4.79 Å². The Morgan fingerprint density at radius 1 is 1.60 bits per heavy atom. The van der Waals surface area contributed by atoms with E-state index in [9.17, 15) is 4.79 Å². The van der Waals surface area contributed by atoms with E-state index >= 15 is 0 Å². The molecule has 0 radical (unpaired) electrons. The number of likely N-dealkylation sites (N-methyl/N-ethyl adjacent to an activating group) is 2. The second-order valence-electron chi connectivity index (χ2n) is 3.71. The fourth-order valence-corrected chi connectivity index (χ4v) is 2.73. The van der Waals surface area contributed by atoms with E-state index in [2.05, 4.69) is 10.3 Å². The van der Waals surface area contributed by atoms with Crippen LogP contribution in [0.1, 0.15) is 20.4 Å². The van der Waals surface area contributed by atoms with Gasteiger partial charge >= 0.3 is 0 Å². The summed E-state index contributed by atoms with van der Waals surface area (Å²) in [6.07, 6.45) is 1.80. The van der Waals surface area contributed by atoms with E-state index in [1.165, 1.54) is 0 Å². The molecule has 1 aliphatic heterocycles. The highest BCUT2D eigenvalue weighted by Crippen LogP contribution is 2.24. The molecule has 0 unspecified atom stereocenters. The van der Waals surface area contributed by atoms with Crippen LogP contribution in [0.4, 0.5) is 0 Å². The summed E-state index contributed by atoms with van der Waals surface area (Å²) in [5.41, 5.74) is 0.995. The first-order chi connectivity index (χ1) is 7.22. The fraction of sp³-hybridized carbons (Fsp3) is 0.600. The third-order valence-corrected chi connectivity index (χ3v) is 3.70. The number of fused-ring (bicyclic) bond motifs is 1. The second kappa shape index (κ2) is 4.28. The highest BCUT2D eigenvalue weighted by atomic mass is 32.1. The van der Waals surface area contributed by atoms with Crippen LogP contribution in [0.3, 0.4) is 0 Å². The van der Waals surface area contributed by atoms with Gasteiger partial charge in [-0.25, -0.2) is 4.98 Å². The van der Waals surface area contributed by atoms with Crippen molar-refractivity contribution in [3.63, 3.8) is 0 Å². The number of aromatic nitrogens is 1. The predicted molar refractivity (Wildman–Crippen MR) is 60.4 cm³/mol. The van der Waals surface area contributed by atoms with Gasteiger partial charge in [0.1, 0.15) is 4.88 Å². The lowest BCUT2D eigenvalue weighted by atomic mass is 10.2. The van der Waals surface area contributed by atoms with E-state index < -0.39 is 0 Å². The van der Waals surface area contributed by atoms with Crippen LogP contribution in [0.25, 0.3) is 0 Å². The van der Waals surface area contributed by atoms with E-state index in [-0.39, 0.29) is 5.91 Å². The first-order valence-electron chi connectivity index (χ1n) is 5.11. The average molecular weight is 225 g/mol. The Bertz CT molecular complexity index is 375. The van der Waals surface area contributed by atoms with Crippen LogP contribution in [0.5, 0.6) is 0 Å². The Balaban J connectivity index is 2.20. The van der Waals surface area contributed by atoms with Gasteiger partial charge < -0.3 is 10.2 Å². The summed E-state index contributed by atoms with van der Waals surface area (Å²) in [6, 6.07) is 0. The molecule has 1 aromatic rings. The normalized spacial score (nSPS) is 15.6. The topological polar surface area (TPSA) is 45.2 Å². The number of amides is 1. The van der Waals surface area contributed by atoms with Gasteiger partial charge in [0, 0.05) is 33.0 Å². The summed E-state index contributed by atoms with van der Waals surface area (Å²) < 4.78 is 0. The van der Waals surface area contributed by atoms with Crippen molar-refractivity contribution in [1.29, 1.82) is 0 Å². The maximum absolute atomic E-state index is 11.8. The van der Waals surface area contributed by atoms with Gasteiger partial charge in [0.2, 0.25) is 0 Å². The maximum atomic E-state index is 11.8. The molecule has 2 heterocycles. The molecule has 0 spiro atoms. The zero-order chi connectivity index (χ0) is 10.8. The van der Waals surface area contributed by atoms with E-state index in [1.807, 2.05) is 14.1 Å². The van der Waals surface area contributed by atoms with Crippen molar-refractivity contribution in [3.05, 3.63) is 15.6 Å². The quantitative estimate of drug-likeness (QED) is 0.816. The standard InChI is InChI=1S/C10H15N3OS/c1-11-5-3-8-12-7-4-6-13(2)10(14)9(7)15-8/h11H,3-6H2,1-2H3. The van der Waals surface area contributed by atoms with Crippen LogP contribution >= 0.6 is 11.3 Å². The summed E-state index contributed by atoms with van der Waals surface area (Å²) >= 11 is 1.54. The molecule has 0 bridgehead atoms. The summed E-state index contributed by atoms with van der Waals surface area (Å²) in [7, 11) is 3.77. The van der Waals surface area contributed by atoms with Crippen LogP contribution in [0, 0.1) is 0 Å². The van der Waals surface area contributed by atoms with Gasteiger partial charge in [0.15, 0.2) is 0 Å². The van der Waals surface area contributed by atoms with Crippen molar-refractivity contribution >= 4 is 17.2 Å². The van der Waals surface area contributed by atoms with Crippen molar-refractivity contribution in [1.82, 2.24) is 15.2 Å². The SMILES string of the molecule is CNCCc1nc2c(s1)C(=O)N(C)CC2. The number of hydrogen-bond acceptors (Lipinski definition) is 4. The summed E-state index contributed by atoms with van der Waals surface area (Å²) in [4.78, 5) is 18.9. The molecule has 82 valence electrons. The summed E-state index contributed by atoms with van der Waals surface area (Å²) in [6.45, 7) is 1.71. The van der Waals surface area contributed by atoms with Gasteiger partial charge in [0.25, 0.3) is 5.91 Å². The van der Waals surface area contributed by atoms with Crippen molar-refractivity contribution in [2.24, 2.45) is 0 Å². The molecule has 0 saturated heterocycles. The van der Waals surface area contributed by atoms with Crippen molar-refractivity contribution in [2.75, 3.05) is 27.2 Å². The second-order valence-corrected chi connectivity index (χ2v) is 4.80. The van der Waals surface area contributed by atoms with Gasteiger partial charge in [-0.2, -0.15) is 0 Å². The number of carbonyl (C=O) groups is 1. The molecule has 4 nitrogen and oxygen atoms in total. The van der Waals surface area contributed by atoms with E-state index in [0.717, 1.165) is 41.5 Å². The maximum Gasteiger partial charge on any atom is 0.265 e. The molecule has 1 aromatic heterocycles. The van der Waals surface area contributed by atoms with Gasteiger partial charge in [0.05, 0.1) is 10.7 Å². The predicted octanol–water partition coefficient (Wildman–Crippen LogP) is 0.533. The lowest BCUT2D eigenvalue weighted by Crippen LogP contribution is -2.33. The number of carbonyl (C=O) groups excluding carboxylic acids is 1. The first-order valence-corrected chi connectivity index (χ1v) is 5.92. The molecule has 2 rings (SSSR count). The van der Waals surface area contributed by atoms with E-state index in [1.54, 1.807) is 16.2 Å². The monoisotopic (exact) mass is 225 g/mol. The molecular weight excluding hydrogens is 210 g/mol. The molecule has 1 amide bonds. The van der Waals surface area contributed by atoms with Crippen LogP contribution < -0.4 is 5.32 Å².